The van der Waals surface area contributed by atoms with Gasteiger partial charge in [-0.05, 0) is 18.3 Å². The number of hydrogen-bond acceptors (Lipinski definition) is 3. The van der Waals surface area contributed by atoms with E-state index in [0.29, 0.717) is 50.9 Å². The lowest BCUT2D eigenvalue weighted by Gasteiger charge is -2.35. The summed E-state index contributed by atoms with van der Waals surface area (Å²) in [4.78, 5) is 27.9. The van der Waals surface area contributed by atoms with Crippen molar-refractivity contribution in [3.8, 4) is 0 Å². The molecule has 2 aliphatic heterocycles. The number of amides is 2. The van der Waals surface area contributed by atoms with Crippen molar-refractivity contribution in [2.45, 2.75) is 33.1 Å². The third kappa shape index (κ3) is 4.20. The van der Waals surface area contributed by atoms with Crippen molar-refractivity contribution < 1.29 is 14.3 Å². The van der Waals surface area contributed by atoms with Crippen LogP contribution in [0.25, 0.3) is 0 Å². The minimum Gasteiger partial charge on any atom is -0.381 e. The molecular weight excluding hydrogens is 256 g/mol. The van der Waals surface area contributed by atoms with E-state index in [9.17, 15) is 9.59 Å². The third-order valence-electron chi connectivity index (χ3n) is 4.06. The van der Waals surface area contributed by atoms with E-state index in [1.807, 2.05) is 9.80 Å². The maximum Gasteiger partial charge on any atom is 0.223 e. The van der Waals surface area contributed by atoms with E-state index in [0.717, 1.165) is 19.6 Å². The fraction of sp³-hybridized carbons (Fsp3) is 0.867. The molecule has 0 radical (unpaired) electrons. The Balaban J connectivity index is 1.73. The molecule has 0 aromatic rings. The van der Waals surface area contributed by atoms with Crippen molar-refractivity contribution in [2.75, 3.05) is 39.4 Å². The van der Waals surface area contributed by atoms with Crippen LogP contribution in [-0.2, 0) is 14.3 Å². The van der Waals surface area contributed by atoms with Gasteiger partial charge in [0.25, 0.3) is 0 Å². The van der Waals surface area contributed by atoms with E-state index in [-0.39, 0.29) is 11.8 Å². The van der Waals surface area contributed by atoms with Crippen LogP contribution in [0.2, 0.25) is 0 Å². The van der Waals surface area contributed by atoms with Crippen molar-refractivity contribution in [2.24, 2.45) is 11.8 Å². The third-order valence-corrected chi connectivity index (χ3v) is 4.06. The van der Waals surface area contributed by atoms with Gasteiger partial charge in [-0.25, -0.2) is 0 Å². The highest BCUT2D eigenvalue weighted by atomic mass is 16.5. The molecule has 1 unspecified atom stereocenters. The zero-order chi connectivity index (χ0) is 14.5. The number of ether oxygens (including phenoxy) is 1. The van der Waals surface area contributed by atoms with Crippen molar-refractivity contribution in [1.29, 1.82) is 0 Å². The number of carbonyl (C=O) groups excluding carboxylic acids is 2. The van der Waals surface area contributed by atoms with Gasteiger partial charge >= 0.3 is 0 Å². The lowest BCUT2D eigenvalue weighted by atomic mass is 10.0. The summed E-state index contributed by atoms with van der Waals surface area (Å²) in [6, 6.07) is 0. The van der Waals surface area contributed by atoms with Gasteiger partial charge in [0.05, 0.1) is 0 Å². The number of carbonyl (C=O) groups is 2. The fourth-order valence-electron chi connectivity index (χ4n) is 2.80. The Morgan fingerprint density at radius 1 is 1.10 bits per heavy atom. The van der Waals surface area contributed by atoms with Gasteiger partial charge in [0.1, 0.15) is 0 Å². The van der Waals surface area contributed by atoms with Crippen LogP contribution in [0.1, 0.15) is 33.1 Å². The van der Waals surface area contributed by atoms with E-state index >= 15 is 0 Å². The summed E-state index contributed by atoms with van der Waals surface area (Å²) in [6.45, 7) is 8.33. The fourth-order valence-corrected chi connectivity index (χ4v) is 2.80. The summed E-state index contributed by atoms with van der Waals surface area (Å²) in [5.74, 6) is 1.22. The molecule has 0 N–H and O–H groups in total. The molecule has 0 bridgehead atoms. The Bertz CT molecular complexity index is 343. The number of rotatable bonds is 4. The van der Waals surface area contributed by atoms with Crippen LogP contribution in [0.15, 0.2) is 0 Å². The highest BCUT2D eigenvalue weighted by Gasteiger charge is 2.27. The second-order valence-corrected chi connectivity index (χ2v) is 6.29. The van der Waals surface area contributed by atoms with Gasteiger partial charge in [-0.2, -0.15) is 0 Å². The molecule has 2 fully saturated rings. The molecule has 0 aromatic carbocycles. The Kier molecular flexibility index (Phi) is 5.40. The summed E-state index contributed by atoms with van der Waals surface area (Å²) in [5.41, 5.74) is 0. The molecule has 2 rings (SSSR count). The Hall–Kier alpha value is -1.10. The van der Waals surface area contributed by atoms with Crippen LogP contribution in [0.5, 0.6) is 0 Å². The summed E-state index contributed by atoms with van der Waals surface area (Å²) < 4.78 is 5.31. The van der Waals surface area contributed by atoms with Crippen molar-refractivity contribution in [3.63, 3.8) is 0 Å². The predicted molar refractivity (Wildman–Crippen MR) is 76.2 cm³/mol. The molecule has 0 aromatic heterocycles. The number of piperazine rings is 1. The molecule has 0 saturated carbocycles. The van der Waals surface area contributed by atoms with Gasteiger partial charge in [-0.3, -0.25) is 9.59 Å². The van der Waals surface area contributed by atoms with E-state index in [2.05, 4.69) is 13.8 Å². The number of hydrogen-bond donors (Lipinski definition) is 0. The van der Waals surface area contributed by atoms with Crippen LogP contribution in [-0.4, -0.2) is 61.0 Å². The summed E-state index contributed by atoms with van der Waals surface area (Å²) in [6.07, 6.45) is 2.20. The van der Waals surface area contributed by atoms with Crippen molar-refractivity contribution in [3.05, 3.63) is 0 Å². The highest BCUT2D eigenvalue weighted by molar-refractivity contribution is 5.78. The first kappa shape index (κ1) is 15.3. The quantitative estimate of drug-likeness (QED) is 0.776. The van der Waals surface area contributed by atoms with Gasteiger partial charge < -0.3 is 14.5 Å². The first-order chi connectivity index (χ1) is 9.56. The van der Waals surface area contributed by atoms with Crippen molar-refractivity contribution in [1.82, 2.24) is 9.80 Å². The Labute approximate surface area is 121 Å². The second-order valence-electron chi connectivity index (χ2n) is 6.29. The molecule has 20 heavy (non-hydrogen) atoms. The van der Waals surface area contributed by atoms with Crippen LogP contribution >= 0.6 is 0 Å². The standard InChI is InChI=1S/C15H26N2O3/c1-12(2)9-14(18)16-4-6-17(7-5-16)15(19)10-13-3-8-20-11-13/h12-13H,3-11H2,1-2H3. The van der Waals surface area contributed by atoms with Gasteiger partial charge in [-0.15, -0.1) is 0 Å². The van der Waals surface area contributed by atoms with Gasteiger partial charge in [0.15, 0.2) is 0 Å². The van der Waals surface area contributed by atoms with Crippen LogP contribution < -0.4 is 0 Å². The summed E-state index contributed by atoms with van der Waals surface area (Å²) >= 11 is 0. The predicted octanol–water partition coefficient (Wildman–Crippen LogP) is 1.13. The van der Waals surface area contributed by atoms with Crippen LogP contribution in [0.3, 0.4) is 0 Å². The maximum atomic E-state index is 12.2. The normalized spacial score (nSPS) is 23.4. The first-order valence-electron chi connectivity index (χ1n) is 7.69. The number of nitrogens with zero attached hydrogens (tertiary/aromatic N) is 2. The first-order valence-corrected chi connectivity index (χ1v) is 7.69. The average Bonchev–Trinajstić information content (AvgIpc) is 2.91. The summed E-state index contributed by atoms with van der Waals surface area (Å²) in [5, 5.41) is 0. The molecular formula is C15H26N2O3. The smallest absolute Gasteiger partial charge is 0.223 e. The van der Waals surface area contributed by atoms with E-state index in [4.69, 9.17) is 4.74 Å². The SMILES string of the molecule is CC(C)CC(=O)N1CCN(C(=O)CC2CCOC2)CC1. The molecule has 2 heterocycles. The van der Waals surface area contributed by atoms with Gasteiger partial charge in [0, 0.05) is 52.2 Å². The molecule has 5 heteroatoms. The van der Waals surface area contributed by atoms with E-state index < -0.39 is 0 Å². The molecule has 5 nitrogen and oxygen atoms in total. The molecule has 0 spiro atoms. The molecule has 2 aliphatic rings. The van der Waals surface area contributed by atoms with E-state index in [1.165, 1.54) is 0 Å². The topological polar surface area (TPSA) is 49.9 Å². The molecule has 0 aliphatic carbocycles. The van der Waals surface area contributed by atoms with Gasteiger partial charge in [-0.1, -0.05) is 13.8 Å². The van der Waals surface area contributed by atoms with Crippen LogP contribution in [0.4, 0.5) is 0 Å². The largest absolute Gasteiger partial charge is 0.381 e. The summed E-state index contributed by atoms with van der Waals surface area (Å²) in [7, 11) is 0. The molecule has 1 atom stereocenters. The maximum absolute atomic E-state index is 12.2. The second kappa shape index (κ2) is 7.07. The lowest BCUT2D eigenvalue weighted by Crippen LogP contribution is -2.51. The van der Waals surface area contributed by atoms with E-state index in [1.54, 1.807) is 0 Å². The highest BCUT2D eigenvalue weighted by Crippen LogP contribution is 2.18. The van der Waals surface area contributed by atoms with Gasteiger partial charge in [0.2, 0.25) is 11.8 Å². The minimum absolute atomic E-state index is 0.219. The zero-order valence-corrected chi connectivity index (χ0v) is 12.6. The Morgan fingerprint density at radius 2 is 1.70 bits per heavy atom. The van der Waals surface area contributed by atoms with Crippen molar-refractivity contribution >= 4 is 11.8 Å². The Morgan fingerprint density at radius 3 is 2.20 bits per heavy atom. The minimum atomic E-state index is 0.219. The van der Waals surface area contributed by atoms with Crippen LogP contribution in [0, 0.1) is 11.8 Å². The average molecular weight is 282 g/mol. The monoisotopic (exact) mass is 282 g/mol. The lowest BCUT2D eigenvalue weighted by molar-refractivity contribution is -0.140. The molecule has 114 valence electrons. The molecule has 2 amide bonds. The zero-order valence-electron chi connectivity index (χ0n) is 12.6. The molecule has 2 saturated heterocycles.